The van der Waals surface area contributed by atoms with Crippen LogP contribution in [0.15, 0.2) is 24.3 Å². The lowest BCUT2D eigenvalue weighted by atomic mass is 9.89. The average Bonchev–Trinajstić information content (AvgIpc) is 2.96. The second kappa shape index (κ2) is 7.52. The summed E-state index contributed by atoms with van der Waals surface area (Å²) in [4.78, 5) is 27.8. The molecule has 2 aliphatic heterocycles. The molecule has 0 bridgehead atoms. The number of likely N-dealkylation sites (tertiary alicyclic amines) is 1. The van der Waals surface area contributed by atoms with E-state index in [1.165, 1.54) is 6.07 Å². The largest absolute Gasteiger partial charge is 0.343 e. The number of anilines is 1. The number of amides is 2. The molecule has 2 fully saturated rings. The molecule has 2 aliphatic rings. The van der Waals surface area contributed by atoms with Crippen LogP contribution < -0.4 is 10.2 Å². The number of rotatable bonds is 4. The van der Waals surface area contributed by atoms with Gasteiger partial charge in [-0.15, -0.1) is 0 Å². The first-order valence-corrected chi connectivity index (χ1v) is 9.08. The van der Waals surface area contributed by atoms with Gasteiger partial charge in [-0.1, -0.05) is 25.5 Å². The van der Waals surface area contributed by atoms with E-state index in [-0.39, 0.29) is 29.7 Å². The highest BCUT2D eigenvalue weighted by molar-refractivity contribution is 5.99. The second-order valence-corrected chi connectivity index (χ2v) is 6.98. The highest BCUT2D eigenvalue weighted by atomic mass is 19.1. The predicted octanol–water partition coefficient (Wildman–Crippen LogP) is 2.17. The summed E-state index contributed by atoms with van der Waals surface area (Å²) in [6, 6.07) is 6.35. The molecule has 6 heteroatoms. The smallest absolute Gasteiger partial charge is 0.244 e. The van der Waals surface area contributed by atoms with E-state index in [2.05, 4.69) is 12.2 Å². The fourth-order valence-corrected chi connectivity index (χ4v) is 3.95. The van der Waals surface area contributed by atoms with E-state index in [1.54, 1.807) is 30.0 Å². The van der Waals surface area contributed by atoms with Crippen LogP contribution in [0.1, 0.15) is 33.1 Å². The van der Waals surface area contributed by atoms with Gasteiger partial charge in [0, 0.05) is 32.6 Å². The van der Waals surface area contributed by atoms with Gasteiger partial charge in [-0.05, 0) is 30.9 Å². The molecule has 1 N–H and O–H groups in total. The molecular weight excluding hydrogens is 321 g/mol. The highest BCUT2D eigenvalue weighted by Crippen LogP contribution is 2.27. The van der Waals surface area contributed by atoms with E-state index in [0.717, 1.165) is 25.9 Å². The van der Waals surface area contributed by atoms with E-state index >= 15 is 0 Å². The first-order chi connectivity index (χ1) is 12.0. The molecule has 1 aromatic rings. The number of halogens is 1. The number of nitrogens with one attached hydrogen (secondary N) is 1. The van der Waals surface area contributed by atoms with E-state index in [0.29, 0.717) is 24.6 Å². The van der Waals surface area contributed by atoms with Crippen molar-refractivity contribution in [3.05, 3.63) is 30.1 Å². The first kappa shape index (κ1) is 17.9. The Morgan fingerprint density at radius 2 is 2.04 bits per heavy atom. The van der Waals surface area contributed by atoms with Crippen molar-refractivity contribution in [2.24, 2.45) is 5.92 Å². The highest BCUT2D eigenvalue weighted by Gasteiger charge is 2.37. The van der Waals surface area contributed by atoms with Crippen molar-refractivity contribution < 1.29 is 14.0 Å². The SMILES string of the molecule is CCC1CN(C(C)=O)CCC1NC1CCN(c2ccccc2F)C1=O. The van der Waals surface area contributed by atoms with Gasteiger partial charge in [0.15, 0.2) is 0 Å². The summed E-state index contributed by atoms with van der Waals surface area (Å²) in [5, 5.41) is 3.50. The summed E-state index contributed by atoms with van der Waals surface area (Å²) in [5.74, 6) is 0.0270. The number of para-hydroxylation sites is 1. The van der Waals surface area contributed by atoms with Crippen molar-refractivity contribution in [2.75, 3.05) is 24.5 Å². The fourth-order valence-electron chi connectivity index (χ4n) is 3.95. The van der Waals surface area contributed by atoms with E-state index in [9.17, 15) is 14.0 Å². The van der Waals surface area contributed by atoms with Crippen molar-refractivity contribution in [2.45, 2.75) is 45.2 Å². The van der Waals surface area contributed by atoms with E-state index < -0.39 is 0 Å². The molecular formula is C19H26FN3O2. The maximum atomic E-state index is 14.0. The maximum Gasteiger partial charge on any atom is 0.244 e. The third-order valence-corrected chi connectivity index (χ3v) is 5.47. The molecule has 0 radical (unpaired) electrons. The number of piperidine rings is 1. The second-order valence-electron chi connectivity index (χ2n) is 6.98. The Hall–Kier alpha value is -1.95. The average molecular weight is 347 g/mol. The monoisotopic (exact) mass is 347 g/mol. The van der Waals surface area contributed by atoms with E-state index in [1.807, 2.05) is 4.90 Å². The quantitative estimate of drug-likeness (QED) is 0.908. The summed E-state index contributed by atoms with van der Waals surface area (Å²) in [5.41, 5.74) is 0.357. The lowest BCUT2D eigenvalue weighted by Gasteiger charge is -2.39. The standard InChI is InChI=1S/C19H26FN3O2/c1-3-14-12-22(13(2)24)10-8-16(14)21-17-9-11-23(19(17)25)18-7-5-4-6-15(18)20/h4-7,14,16-17,21H,3,8-12H2,1-2H3. The molecule has 3 unspecified atom stereocenters. The molecule has 3 atom stereocenters. The Balaban J connectivity index is 1.65. The molecule has 1 aromatic carbocycles. The summed E-state index contributed by atoms with van der Waals surface area (Å²) in [6.07, 6.45) is 2.48. The Morgan fingerprint density at radius 1 is 1.28 bits per heavy atom. The molecule has 2 saturated heterocycles. The minimum Gasteiger partial charge on any atom is -0.343 e. The van der Waals surface area contributed by atoms with Gasteiger partial charge in [0.25, 0.3) is 0 Å². The zero-order chi connectivity index (χ0) is 18.0. The Morgan fingerprint density at radius 3 is 2.72 bits per heavy atom. The van der Waals surface area contributed by atoms with Crippen LogP contribution >= 0.6 is 0 Å². The molecule has 0 aromatic heterocycles. The van der Waals surface area contributed by atoms with Crippen molar-refractivity contribution in [3.63, 3.8) is 0 Å². The van der Waals surface area contributed by atoms with Crippen LogP contribution in [0.2, 0.25) is 0 Å². The van der Waals surface area contributed by atoms with Crippen LogP contribution in [0.25, 0.3) is 0 Å². The Kier molecular flexibility index (Phi) is 5.37. The zero-order valence-electron chi connectivity index (χ0n) is 14.9. The summed E-state index contributed by atoms with van der Waals surface area (Å²) in [7, 11) is 0. The minimum absolute atomic E-state index is 0.0612. The van der Waals surface area contributed by atoms with Crippen molar-refractivity contribution >= 4 is 17.5 Å². The van der Waals surface area contributed by atoms with Crippen LogP contribution in [0, 0.1) is 11.7 Å². The van der Waals surface area contributed by atoms with Gasteiger partial charge in [0.05, 0.1) is 11.7 Å². The number of carbonyl (C=O) groups excluding carboxylic acids is 2. The zero-order valence-corrected chi connectivity index (χ0v) is 14.9. The van der Waals surface area contributed by atoms with Crippen LogP contribution in [0.5, 0.6) is 0 Å². The molecule has 3 rings (SSSR count). The molecule has 0 aliphatic carbocycles. The number of nitrogens with zero attached hydrogens (tertiary/aromatic N) is 2. The molecule has 0 spiro atoms. The molecule has 5 nitrogen and oxygen atoms in total. The molecule has 136 valence electrons. The molecule has 0 saturated carbocycles. The summed E-state index contributed by atoms with van der Waals surface area (Å²) in [6.45, 7) is 5.71. The van der Waals surface area contributed by atoms with Crippen LogP contribution in [0.4, 0.5) is 10.1 Å². The van der Waals surface area contributed by atoms with Gasteiger partial charge >= 0.3 is 0 Å². The third-order valence-electron chi connectivity index (χ3n) is 5.47. The minimum atomic E-state index is -0.363. The topological polar surface area (TPSA) is 52.7 Å². The van der Waals surface area contributed by atoms with Crippen molar-refractivity contribution in [1.29, 1.82) is 0 Å². The van der Waals surface area contributed by atoms with Crippen LogP contribution in [-0.4, -0.2) is 48.4 Å². The van der Waals surface area contributed by atoms with Gasteiger partial charge in [0.2, 0.25) is 11.8 Å². The van der Waals surface area contributed by atoms with Gasteiger partial charge in [-0.2, -0.15) is 0 Å². The predicted molar refractivity (Wildman–Crippen MR) is 94.7 cm³/mol. The van der Waals surface area contributed by atoms with Gasteiger partial charge < -0.3 is 15.1 Å². The molecule has 2 heterocycles. The summed E-state index contributed by atoms with van der Waals surface area (Å²) >= 11 is 0. The number of hydrogen-bond acceptors (Lipinski definition) is 3. The number of carbonyl (C=O) groups is 2. The number of benzene rings is 1. The Bertz CT molecular complexity index is 651. The lowest BCUT2D eigenvalue weighted by Crippen LogP contribution is -2.54. The maximum absolute atomic E-state index is 14.0. The Labute approximate surface area is 148 Å². The van der Waals surface area contributed by atoms with Gasteiger partial charge in [-0.3, -0.25) is 9.59 Å². The van der Waals surface area contributed by atoms with Crippen molar-refractivity contribution in [3.8, 4) is 0 Å². The van der Waals surface area contributed by atoms with Crippen molar-refractivity contribution in [1.82, 2.24) is 10.2 Å². The van der Waals surface area contributed by atoms with Crippen LogP contribution in [0.3, 0.4) is 0 Å². The van der Waals surface area contributed by atoms with E-state index in [4.69, 9.17) is 0 Å². The number of hydrogen-bond donors (Lipinski definition) is 1. The third kappa shape index (κ3) is 3.68. The molecule has 25 heavy (non-hydrogen) atoms. The molecule has 2 amide bonds. The summed E-state index contributed by atoms with van der Waals surface area (Å²) < 4.78 is 14.0. The van der Waals surface area contributed by atoms with Gasteiger partial charge in [0.1, 0.15) is 5.82 Å². The lowest BCUT2D eigenvalue weighted by molar-refractivity contribution is -0.131. The first-order valence-electron chi connectivity index (χ1n) is 9.08. The normalized spacial score (nSPS) is 27.0. The van der Waals surface area contributed by atoms with Gasteiger partial charge in [-0.25, -0.2) is 4.39 Å². The van der Waals surface area contributed by atoms with Crippen LogP contribution in [-0.2, 0) is 9.59 Å². The fraction of sp³-hybridized carbons (Fsp3) is 0.579.